The van der Waals surface area contributed by atoms with Crippen molar-refractivity contribution in [2.24, 2.45) is 0 Å². The molecule has 1 aliphatic rings. The van der Waals surface area contributed by atoms with Gasteiger partial charge < -0.3 is 9.80 Å². The van der Waals surface area contributed by atoms with Crippen molar-refractivity contribution in [1.29, 1.82) is 0 Å². The van der Waals surface area contributed by atoms with Gasteiger partial charge in [-0.2, -0.15) is 10.1 Å². The molecule has 2 rings (SSSR count). The summed E-state index contributed by atoms with van der Waals surface area (Å²) in [6, 6.07) is 0. The maximum absolute atomic E-state index is 11.8. The fraction of sp³-hybridized carbons (Fsp3) is 0.667. The third-order valence-corrected chi connectivity index (χ3v) is 2.60. The highest BCUT2D eigenvalue weighted by molar-refractivity contribution is 5.80. The minimum absolute atomic E-state index is 0.159. The first-order valence-electron chi connectivity index (χ1n) is 5.11. The standard InChI is InChI=1S/C9H15N5O/c1-13(9-10-7-11-12-9)6-8(15)14-4-2-3-5-14/h7H,2-6H2,1H3,(H,10,11,12). The van der Waals surface area contributed by atoms with E-state index in [1.165, 1.54) is 6.33 Å². The number of anilines is 1. The van der Waals surface area contributed by atoms with Gasteiger partial charge in [-0.25, -0.2) is 5.10 Å². The van der Waals surface area contributed by atoms with Gasteiger partial charge in [0.25, 0.3) is 0 Å². The molecule has 6 heteroatoms. The normalized spacial score (nSPS) is 15.7. The summed E-state index contributed by atoms with van der Waals surface area (Å²) in [5.74, 6) is 0.786. The fourth-order valence-electron chi connectivity index (χ4n) is 1.73. The molecule has 1 fully saturated rings. The molecule has 15 heavy (non-hydrogen) atoms. The van der Waals surface area contributed by atoms with Crippen molar-refractivity contribution in [3.05, 3.63) is 6.33 Å². The van der Waals surface area contributed by atoms with Crippen molar-refractivity contribution in [1.82, 2.24) is 20.1 Å². The highest BCUT2D eigenvalue weighted by Crippen LogP contribution is 2.09. The number of aromatic amines is 1. The zero-order valence-corrected chi connectivity index (χ0v) is 8.81. The number of hydrogen-bond acceptors (Lipinski definition) is 4. The Balaban J connectivity index is 1.88. The number of likely N-dealkylation sites (N-methyl/N-ethyl adjacent to an activating group) is 1. The van der Waals surface area contributed by atoms with Crippen LogP contribution in [0, 0.1) is 0 Å². The molecule has 82 valence electrons. The number of rotatable bonds is 3. The lowest BCUT2D eigenvalue weighted by Gasteiger charge is -2.20. The molecule has 1 aromatic heterocycles. The van der Waals surface area contributed by atoms with Gasteiger partial charge in [-0.15, -0.1) is 0 Å². The number of hydrogen-bond donors (Lipinski definition) is 1. The number of aromatic nitrogens is 3. The molecule has 1 saturated heterocycles. The molecule has 2 heterocycles. The highest BCUT2D eigenvalue weighted by Gasteiger charge is 2.19. The van der Waals surface area contributed by atoms with Gasteiger partial charge in [-0.05, 0) is 12.8 Å². The molecule has 1 amide bonds. The number of nitrogens with one attached hydrogen (secondary N) is 1. The molecule has 0 aromatic carbocycles. The van der Waals surface area contributed by atoms with Crippen molar-refractivity contribution < 1.29 is 4.79 Å². The van der Waals surface area contributed by atoms with E-state index in [4.69, 9.17) is 0 Å². The van der Waals surface area contributed by atoms with Crippen LogP contribution in [-0.2, 0) is 4.79 Å². The van der Waals surface area contributed by atoms with E-state index < -0.39 is 0 Å². The molecule has 0 unspecified atom stereocenters. The number of H-pyrrole nitrogens is 1. The van der Waals surface area contributed by atoms with Crippen molar-refractivity contribution in [2.45, 2.75) is 12.8 Å². The number of carbonyl (C=O) groups is 1. The van der Waals surface area contributed by atoms with Crippen LogP contribution in [0.4, 0.5) is 5.95 Å². The zero-order valence-electron chi connectivity index (χ0n) is 8.81. The van der Waals surface area contributed by atoms with Gasteiger partial charge in [0.1, 0.15) is 6.33 Å². The van der Waals surface area contributed by atoms with Crippen LogP contribution in [0.5, 0.6) is 0 Å². The van der Waals surface area contributed by atoms with Gasteiger partial charge in [-0.1, -0.05) is 0 Å². The van der Waals surface area contributed by atoms with E-state index in [0.29, 0.717) is 12.5 Å². The second kappa shape index (κ2) is 4.29. The molecule has 0 saturated carbocycles. The SMILES string of the molecule is CN(CC(=O)N1CCCC1)c1ncn[nH]1. The van der Waals surface area contributed by atoms with Gasteiger partial charge in [0.15, 0.2) is 0 Å². The first-order valence-corrected chi connectivity index (χ1v) is 5.11. The van der Waals surface area contributed by atoms with Crippen LogP contribution < -0.4 is 4.90 Å². The minimum Gasteiger partial charge on any atom is -0.341 e. The van der Waals surface area contributed by atoms with Crippen molar-refractivity contribution in [3.8, 4) is 0 Å². The maximum atomic E-state index is 11.8. The van der Waals surface area contributed by atoms with E-state index in [1.54, 1.807) is 4.90 Å². The maximum Gasteiger partial charge on any atom is 0.242 e. The fourth-order valence-corrected chi connectivity index (χ4v) is 1.73. The van der Waals surface area contributed by atoms with Crippen molar-refractivity contribution in [3.63, 3.8) is 0 Å². The smallest absolute Gasteiger partial charge is 0.242 e. The summed E-state index contributed by atoms with van der Waals surface area (Å²) in [6.45, 7) is 2.14. The van der Waals surface area contributed by atoms with Gasteiger partial charge in [0.05, 0.1) is 6.54 Å². The van der Waals surface area contributed by atoms with Gasteiger partial charge in [0, 0.05) is 20.1 Å². The Labute approximate surface area is 88.3 Å². The molecule has 0 spiro atoms. The number of carbonyl (C=O) groups excluding carboxylic acids is 1. The summed E-state index contributed by atoms with van der Waals surface area (Å²) in [5.41, 5.74) is 0. The van der Waals surface area contributed by atoms with Crippen molar-refractivity contribution >= 4 is 11.9 Å². The summed E-state index contributed by atoms with van der Waals surface area (Å²) in [6.07, 6.45) is 3.68. The van der Waals surface area contributed by atoms with Gasteiger partial charge in [0.2, 0.25) is 11.9 Å². The molecule has 0 bridgehead atoms. The van der Waals surface area contributed by atoms with Gasteiger partial charge in [-0.3, -0.25) is 4.79 Å². The monoisotopic (exact) mass is 209 g/mol. The Morgan fingerprint density at radius 1 is 1.60 bits per heavy atom. The van der Waals surface area contributed by atoms with Crippen LogP contribution in [0.2, 0.25) is 0 Å². The predicted octanol–water partition coefficient (Wildman–Crippen LogP) is -0.137. The lowest BCUT2D eigenvalue weighted by atomic mass is 10.4. The number of likely N-dealkylation sites (tertiary alicyclic amines) is 1. The van der Waals surface area contributed by atoms with Crippen LogP contribution in [0.1, 0.15) is 12.8 Å². The second-order valence-corrected chi connectivity index (χ2v) is 3.75. The molecule has 6 nitrogen and oxygen atoms in total. The van der Waals surface area contributed by atoms with Crippen LogP contribution >= 0.6 is 0 Å². The summed E-state index contributed by atoms with van der Waals surface area (Å²) in [7, 11) is 1.83. The van der Waals surface area contributed by atoms with E-state index in [9.17, 15) is 4.79 Å². The van der Waals surface area contributed by atoms with E-state index >= 15 is 0 Å². The lowest BCUT2D eigenvalue weighted by Crippen LogP contribution is -2.37. The van der Waals surface area contributed by atoms with Crippen LogP contribution in [0.3, 0.4) is 0 Å². The average molecular weight is 209 g/mol. The summed E-state index contributed by atoms with van der Waals surface area (Å²) in [4.78, 5) is 19.4. The van der Waals surface area contributed by atoms with E-state index in [0.717, 1.165) is 25.9 Å². The van der Waals surface area contributed by atoms with Crippen LogP contribution in [0.15, 0.2) is 6.33 Å². The van der Waals surface area contributed by atoms with Crippen LogP contribution in [-0.4, -0.2) is 52.7 Å². The minimum atomic E-state index is 0.159. The van der Waals surface area contributed by atoms with E-state index in [1.807, 2.05) is 11.9 Å². The molecule has 0 atom stereocenters. The first kappa shape index (κ1) is 9.95. The third-order valence-electron chi connectivity index (χ3n) is 2.60. The molecule has 1 N–H and O–H groups in total. The summed E-state index contributed by atoms with van der Waals surface area (Å²) in [5, 5.41) is 6.47. The zero-order chi connectivity index (χ0) is 10.7. The van der Waals surface area contributed by atoms with E-state index in [2.05, 4.69) is 15.2 Å². The summed E-state index contributed by atoms with van der Waals surface area (Å²) < 4.78 is 0. The molecule has 0 aliphatic carbocycles. The average Bonchev–Trinajstić information content (AvgIpc) is 2.91. The Morgan fingerprint density at radius 3 is 2.93 bits per heavy atom. The lowest BCUT2D eigenvalue weighted by molar-refractivity contribution is -0.128. The third kappa shape index (κ3) is 2.26. The quantitative estimate of drug-likeness (QED) is 0.752. The first-order chi connectivity index (χ1) is 7.27. The van der Waals surface area contributed by atoms with Crippen molar-refractivity contribution in [2.75, 3.05) is 31.6 Å². The molecular formula is C9H15N5O. The predicted molar refractivity (Wildman–Crippen MR) is 55.5 cm³/mol. The summed E-state index contributed by atoms with van der Waals surface area (Å²) >= 11 is 0. The Hall–Kier alpha value is -1.59. The number of nitrogens with zero attached hydrogens (tertiary/aromatic N) is 4. The van der Waals surface area contributed by atoms with E-state index in [-0.39, 0.29) is 5.91 Å². The Morgan fingerprint density at radius 2 is 2.33 bits per heavy atom. The Kier molecular flexibility index (Phi) is 2.84. The number of amides is 1. The highest BCUT2D eigenvalue weighted by atomic mass is 16.2. The molecule has 1 aromatic rings. The largest absolute Gasteiger partial charge is 0.341 e. The molecular weight excluding hydrogens is 194 g/mol. The van der Waals surface area contributed by atoms with Crippen LogP contribution in [0.25, 0.3) is 0 Å². The van der Waals surface area contributed by atoms with Gasteiger partial charge >= 0.3 is 0 Å². The second-order valence-electron chi connectivity index (χ2n) is 3.75. The molecule has 0 radical (unpaired) electrons. The topological polar surface area (TPSA) is 65.1 Å². The Bertz CT molecular complexity index is 317. The molecule has 1 aliphatic heterocycles.